The van der Waals surface area contributed by atoms with Crippen molar-refractivity contribution in [2.75, 3.05) is 20.8 Å². The van der Waals surface area contributed by atoms with E-state index in [0.29, 0.717) is 0 Å². The molecule has 0 aliphatic heterocycles. The molecule has 3 N–H and O–H groups in total. The highest BCUT2D eigenvalue weighted by molar-refractivity contribution is 7.89. The van der Waals surface area contributed by atoms with Gasteiger partial charge in [-0.15, -0.1) is 0 Å². The molecule has 0 unspecified atom stereocenters. The minimum Gasteiger partial charge on any atom is -0.495 e. The van der Waals surface area contributed by atoms with Crippen LogP contribution in [0.25, 0.3) is 0 Å². The summed E-state index contributed by atoms with van der Waals surface area (Å²) in [5.41, 5.74) is 4.78. The van der Waals surface area contributed by atoms with Crippen molar-refractivity contribution in [3.63, 3.8) is 0 Å². The number of benzene rings is 1. The van der Waals surface area contributed by atoms with Gasteiger partial charge in [0, 0.05) is 12.1 Å². The van der Waals surface area contributed by atoms with Crippen LogP contribution < -0.4 is 19.9 Å². The molecule has 0 heterocycles. The minimum atomic E-state index is -3.80. The van der Waals surface area contributed by atoms with Gasteiger partial charge in [-0.05, 0) is 26.0 Å². The molecule has 6 nitrogen and oxygen atoms in total. The second kappa shape index (κ2) is 5.77. The van der Waals surface area contributed by atoms with Gasteiger partial charge in [-0.2, -0.15) is 0 Å². The second-order valence-corrected chi connectivity index (χ2v) is 6.30. The monoisotopic (exact) mass is 288 g/mol. The topological polar surface area (TPSA) is 90.6 Å². The Labute approximate surface area is 113 Å². The van der Waals surface area contributed by atoms with Crippen molar-refractivity contribution in [3.05, 3.63) is 18.2 Å². The van der Waals surface area contributed by atoms with Crippen molar-refractivity contribution in [1.29, 1.82) is 0 Å². The molecule has 0 radical (unpaired) electrons. The number of hydrogen-bond acceptors (Lipinski definition) is 5. The third kappa shape index (κ3) is 3.59. The molecule has 0 spiro atoms. The number of nitrogens with two attached hydrogens (primary N) is 1. The predicted octanol–water partition coefficient (Wildman–Crippen LogP) is 0.719. The van der Waals surface area contributed by atoms with E-state index in [4.69, 9.17) is 15.2 Å². The van der Waals surface area contributed by atoms with Crippen LogP contribution in [-0.4, -0.2) is 34.7 Å². The maximum absolute atomic E-state index is 12.4. The number of sulfonamides is 1. The van der Waals surface area contributed by atoms with Crippen molar-refractivity contribution in [2.45, 2.75) is 24.3 Å². The number of nitrogens with one attached hydrogen (secondary N) is 1. The summed E-state index contributed by atoms with van der Waals surface area (Å²) in [5.74, 6) is 0.444. The molecule has 0 bridgehead atoms. The number of methoxy groups -OCH3 is 2. The van der Waals surface area contributed by atoms with Crippen LogP contribution in [0.3, 0.4) is 0 Å². The molecule has 0 atom stereocenters. The molecule has 1 aromatic carbocycles. The van der Waals surface area contributed by atoms with Gasteiger partial charge in [0.05, 0.1) is 14.2 Å². The Morgan fingerprint density at radius 2 is 1.68 bits per heavy atom. The highest BCUT2D eigenvalue weighted by Crippen LogP contribution is 2.33. The van der Waals surface area contributed by atoms with E-state index >= 15 is 0 Å². The standard InChI is InChI=1S/C12H20N2O4S/c1-12(2,8-13)14-19(15,16)11-9(17-3)6-5-7-10(11)18-4/h5-7,14H,8,13H2,1-4H3. The lowest BCUT2D eigenvalue weighted by molar-refractivity contribution is 0.371. The molecule has 0 aromatic heterocycles. The average molecular weight is 288 g/mol. The SMILES string of the molecule is COc1cccc(OC)c1S(=O)(=O)NC(C)(C)CN. The predicted molar refractivity (Wildman–Crippen MR) is 73.0 cm³/mol. The van der Waals surface area contributed by atoms with Crippen LogP contribution in [0.5, 0.6) is 11.5 Å². The molecule has 1 rings (SSSR count). The number of hydrogen-bond donors (Lipinski definition) is 2. The molecule has 108 valence electrons. The summed E-state index contributed by atoms with van der Waals surface area (Å²) in [7, 11) is -0.986. The largest absolute Gasteiger partial charge is 0.495 e. The van der Waals surface area contributed by atoms with E-state index in [2.05, 4.69) is 4.72 Å². The van der Waals surface area contributed by atoms with Crippen molar-refractivity contribution < 1.29 is 17.9 Å². The highest BCUT2D eigenvalue weighted by atomic mass is 32.2. The molecular weight excluding hydrogens is 268 g/mol. The number of ether oxygens (including phenoxy) is 2. The lowest BCUT2D eigenvalue weighted by atomic mass is 10.1. The van der Waals surface area contributed by atoms with E-state index in [1.807, 2.05) is 0 Å². The Hall–Kier alpha value is -1.31. The van der Waals surface area contributed by atoms with E-state index in [1.54, 1.807) is 32.0 Å². The fraction of sp³-hybridized carbons (Fsp3) is 0.500. The Morgan fingerprint density at radius 3 is 2.05 bits per heavy atom. The van der Waals surface area contributed by atoms with Gasteiger partial charge in [-0.1, -0.05) is 6.07 Å². The van der Waals surface area contributed by atoms with Gasteiger partial charge in [0.1, 0.15) is 11.5 Å². The molecular formula is C12H20N2O4S. The van der Waals surface area contributed by atoms with Gasteiger partial charge < -0.3 is 15.2 Å². The first-order chi connectivity index (χ1) is 8.77. The zero-order valence-corrected chi connectivity index (χ0v) is 12.4. The zero-order valence-electron chi connectivity index (χ0n) is 11.6. The van der Waals surface area contributed by atoms with Gasteiger partial charge in [0.25, 0.3) is 0 Å². The number of rotatable bonds is 6. The van der Waals surface area contributed by atoms with E-state index in [-0.39, 0.29) is 22.9 Å². The van der Waals surface area contributed by atoms with Crippen LogP contribution in [0.1, 0.15) is 13.8 Å². The van der Waals surface area contributed by atoms with E-state index in [0.717, 1.165) is 0 Å². The summed E-state index contributed by atoms with van der Waals surface area (Å²) in [6.07, 6.45) is 0. The van der Waals surface area contributed by atoms with Gasteiger partial charge >= 0.3 is 0 Å². The Morgan fingerprint density at radius 1 is 1.21 bits per heavy atom. The molecule has 0 saturated heterocycles. The van der Waals surface area contributed by atoms with Crippen molar-refractivity contribution >= 4 is 10.0 Å². The first kappa shape index (κ1) is 15.7. The zero-order chi connectivity index (χ0) is 14.7. The maximum atomic E-state index is 12.4. The van der Waals surface area contributed by atoms with E-state index in [1.165, 1.54) is 14.2 Å². The van der Waals surface area contributed by atoms with Gasteiger partial charge in [0.2, 0.25) is 10.0 Å². The molecule has 19 heavy (non-hydrogen) atoms. The molecule has 7 heteroatoms. The molecule has 0 aliphatic carbocycles. The minimum absolute atomic E-state index is 0.0264. The summed E-state index contributed by atoms with van der Waals surface area (Å²) in [4.78, 5) is -0.0264. The quantitative estimate of drug-likeness (QED) is 0.805. The van der Waals surface area contributed by atoms with Gasteiger partial charge in [-0.3, -0.25) is 0 Å². The summed E-state index contributed by atoms with van der Waals surface area (Å²) >= 11 is 0. The Balaban J connectivity index is 3.35. The smallest absolute Gasteiger partial charge is 0.248 e. The fourth-order valence-corrected chi connectivity index (χ4v) is 3.28. The van der Waals surface area contributed by atoms with Crippen molar-refractivity contribution in [3.8, 4) is 11.5 Å². The van der Waals surface area contributed by atoms with Crippen molar-refractivity contribution in [2.24, 2.45) is 5.73 Å². The first-order valence-electron chi connectivity index (χ1n) is 5.72. The summed E-state index contributed by atoms with van der Waals surface area (Å²) in [6.45, 7) is 3.57. The lowest BCUT2D eigenvalue weighted by Crippen LogP contribution is -2.48. The van der Waals surface area contributed by atoms with Crippen molar-refractivity contribution in [1.82, 2.24) is 4.72 Å². The fourth-order valence-electron chi connectivity index (χ4n) is 1.54. The third-order valence-corrected chi connectivity index (χ3v) is 4.33. The molecule has 0 aliphatic rings. The van der Waals surface area contributed by atoms with Crippen LogP contribution in [0.15, 0.2) is 23.1 Å². The lowest BCUT2D eigenvalue weighted by Gasteiger charge is -2.25. The van der Waals surface area contributed by atoms with Crippen LogP contribution in [0.2, 0.25) is 0 Å². The maximum Gasteiger partial charge on any atom is 0.248 e. The van der Waals surface area contributed by atoms with Crippen LogP contribution in [0, 0.1) is 0 Å². The molecule has 1 aromatic rings. The summed E-state index contributed by atoms with van der Waals surface area (Å²) in [5, 5.41) is 0. The highest BCUT2D eigenvalue weighted by Gasteiger charge is 2.30. The Kier molecular flexibility index (Phi) is 4.78. The molecule has 0 saturated carbocycles. The summed E-state index contributed by atoms with van der Waals surface area (Å²) < 4.78 is 37.6. The van der Waals surface area contributed by atoms with Gasteiger partial charge in [-0.25, -0.2) is 13.1 Å². The summed E-state index contributed by atoms with van der Waals surface area (Å²) in [6, 6.07) is 4.78. The van der Waals surface area contributed by atoms with Gasteiger partial charge in [0.15, 0.2) is 4.90 Å². The molecule has 0 fully saturated rings. The van der Waals surface area contributed by atoms with Crippen LogP contribution >= 0.6 is 0 Å². The average Bonchev–Trinajstić information content (AvgIpc) is 2.36. The molecule has 0 amide bonds. The second-order valence-electron chi connectivity index (χ2n) is 4.69. The van der Waals surface area contributed by atoms with E-state index < -0.39 is 15.6 Å². The van der Waals surface area contributed by atoms with Crippen LogP contribution in [-0.2, 0) is 10.0 Å². The van der Waals surface area contributed by atoms with E-state index in [9.17, 15) is 8.42 Å². The first-order valence-corrected chi connectivity index (χ1v) is 7.21. The third-order valence-electron chi connectivity index (χ3n) is 2.57. The normalized spacial score (nSPS) is 12.3. The van der Waals surface area contributed by atoms with Crippen LogP contribution in [0.4, 0.5) is 0 Å². The Bertz CT molecular complexity index is 518.